The number of aliphatic hydroxyl groups is 2. The lowest BCUT2D eigenvalue weighted by molar-refractivity contribution is 0.0579. The number of aromatic nitrogens is 3. The number of hydrogen-bond donors (Lipinski definition) is 2. The van der Waals surface area contributed by atoms with Crippen LogP contribution >= 0.6 is 0 Å². The summed E-state index contributed by atoms with van der Waals surface area (Å²) in [5.41, 5.74) is 0.932. The van der Waals surface area contributed by atoms with Crippen LogP contribution in [0, 0.1) is 0 Å². The summed E-state index contributed by atoms with van der Waals surface area (Å²) in [5.74, 6) is 0. The molecule has 0 spiro atoms. The van der Waals surface area contributed by atoms with E-state index in [0.29, 0.717) is 6.42 Å². The van der Waals surface area contributed by atoms with Crippen molar-refractivity contribution in [2.24, 2.45) is 0 Å². The van der Waals surface area contributed by atoms with Crippen molar-refractivity contribution in [3.8, 4) is 0 Å². The molecular weight excluding hydrogens is 242 g/mol. The molecule has 0 saturated heterocycles. The topological polar surface area (TPSA) is 71.2 Å². The van der Waals surface area contributed by atoms with E-state index >= 15 is 0 Å². The third-order valence-electron chi connectivity index (χ3n) is 3.42. The summed E-state index contributed by atoms with van der Waals surface area (Å²) in [6.07, 6.45) is 8.30. The Morgan fingerprint density at radius 3 is 2.58 bits per heavy atom. The average molecular weight is 269 g/mol. The van der Waals surface area contributed by atoms with Crippen LogP contribution in [0.2, 0.25) is 0 Å². The van der Waals surface area contributed by atoms with Gasteiger partial charge in [-0.25, -0.2) is 4.68 Å². The molecular formula is C14H27N3O2. The number of hydrogen-bond acceptors (Lipinski definition) is 4. The van der Waals surface area contributed by atoms with Crippen molar-refractivity contribution >= 4 is 0 Å². The summed E-state index contributed by atoms with van der Waals surface area (Å²) in [4.78, 5) is 0. The van der Waals surface area contributed by atoms with Gasteiger partial charge in [-0.3, -0.25) is 0 Å². The Labute approximate surface area is 115 Å². The van der Waals surface area contributed by atoms with E-state index in [0.717, 1.165) is 44.2 Å². The van der Waals surface area contributed by atoms with Gasteiger partial charge in [-0.15, -0.1) is 5.10 Å². The number of aryl methyl sites for hydroxylation is 1. The summed E-state index contributed by atoms with van der Waals surface area (Å²) in [7, 11) is 0. The Bertz CT molecular complexity index is 341. The van der Waals surface area contributed by atoms with E-state index in [4.69, 9.17) is 0 Å². The van der Waals surface area contributed by atoms with E-state index in [1.807, 2.05) is 6.20 Å². The SMILES string of the molecule is CCCCC[C@@H](O)[C@H](CO)n1cc(CCCC)nn1. The molecule has 0 amide bonds. The van der Waals surface area contributed by atoms with Gasteiger partial charge >= 0.3 is 0 Å². The summed E-state index contributed by atoms with van der Waals surface area (Å²) in [6, 6.07) is -0.375. The van der Waals surface area contributed by atoms with Gasteiger partial charge in [-0.1, -0.05) is 44.7 Å². The maximum atomic E-state index is 10.1. The molecule has 0 unspecified atom stereocenters. The maximum Gasteiger partial charge on any atom is 0.103 e. The highest BCUT2D eigenvalue weighted by molar-refractivity contribution is 4.94. The molecule has 1 aromatic heterocycles. The van der Waals surface area contributed by atoms with E-state index in [-0.39, 0.29) is 12.6 Å². The molecule has 2 N–H and O–H groups in total. The lowest BCUT2D eigenvalue weighted by Gasteiger charge is -2.20. The Morgan fingerprint density at radius 2 is 1.95 bits per heavy atom. The van der Waals surface area contributed by atoms with Crippen LogP contribution in [0.25, 0.3) is 0 Å². The lowest BCUT2D eigenvalue weighted by atomic mass is 10.0. The van der Waals surface area contributed by atoms with Crippen molar-refractivity contribution < 1.29 is 10.2 Å². The monoisotopic (exact) mass is 269 g/mol. The van der Waals surface area contributed by atoms with Crippen molar-refractivity contribution in [3.05, 3.63) is 11.9 Å². The van der Waals surface area contributed by atoms with Crippen molar-refractivity contribution in [2.75, 3.05) is 6.61 Å². The largest absolute Gasteiger partial charge is 0.394 e. The first-order valence-electron chi connectivity index (χ1n) is 7.42. The second-order valence-corrected chi connectivity index (χ2v) is 5.11. The Morgan fingerprint density at radius 1 is 1.21 bits per heavy atom. The van der Waals surface area contributed by atoms with Crippen LogP contribution in [0.3, 0.4) is 0 Å². The van der Waals surface area contributed by atoms with Gasteiger partial charge in [-0.05, 0) is 19.3 Å². The Hall–Kier alpha value is -0.940. The zero-order chi connectivity index (χ0) is 14.1. The Kier molecular flexibility index (Phi) is 7.67. The molecule has 1 rings (SSSR count). The minimum atomic E-state index is -0.558. The van der Waals surface area contributed by atoms with Gasteiger partial charge in [0.05, 0.1) is 18.4 Å². The van der Waals surface area contributed by atoms with Crippen LogP contribution in [0.4, 0.5) is 0 Å². The number of nitrogens with zero attached hydrogens (tertiary/aromatic N) is 3. The van der Waals surface area contributed by atoms with E-state index in [1.165, 1.54) is 0 Å². The van der Waals surface area contributed by atoms with Gasteiger partial charge in [0.25, 0.3) is 0 Å². The third-order valence-corrected chi connectivity index (χ3v) is 3.42. The maximum absolute atomic E-state index is 10.1. The van der Waals surface area contributed by atoms with Gasteiger partial charge in [0.1, 0.15) is 6.04 Å². The second-order valence-electron chi connectivity index (χ2n) is 5.11. The number of rotatable bonds is 10. The van der Waals surface area contributed by atoms with Crippen LogP contribution < -0.4 is 0 Å². The molecule has 1 heterocycles. The first kappa shape index (κ1) is 16.1. The highest BCUT2D eigenvalue weighted by Crippen LogP contribution is 2.16. The first-order valence-corrected chi connectivity index (χ1v) is 7.42. The van der Waals surface area contributed by atoms with E-state index in [1.54, 1.807) is 4.68 Å². The molecule has 0 aromatic carbocycles. The highest BCUT2D eigenvalue weighted by Gasteiger charge is 2.21. The molecule has 5 heteroatoms. The predicted molar refractivity (Wildman–Crippen MR) is 74.9 cm³/mol. The molecule has 1 aromatic rings. The average Bonchev–Trinajstić information content (AvgIpc) is 2.86. The molecule has 0 aliphatic heterocycles. The van der Waals surface area contributed by atoms with Crippen molar-refractivity contribution in [2.45, 2.75) is 70.9 Å². The lowest BCUT2D eigenvalue weighted by Crippen LogP contribution is -2.27. The number of aliphatic hydroxyl groups excluding tert-OH is 2. The fourth-order valence-electron chi connectivity index (χ4n) is 2.13. The smallest absolute Gasteiger partial charge is 0.103 e. The number of unbranched alkanes of at least 4 members (excludes halogenated alkanes) is 3. The van der Waals surface area contributed by atoms with Crippen LogP contribution in [-0.4, -0.2) is 37.9 Å². The fourth-order valence-corrected chi connectivity index (χ4v) is 2.13. The summed E-state index contributed by atoms with van der Waals surface area (Å²) in [5, 5.41) is 27.7. The normalized spacial score (nSPS) is 14.5. The quantitative estimate of drug-likeness (QED) is 0.638. The van der Waals surface area contributed by atoms with Crippen LogP contribution in [0.5, 0.6) is 0 Å². The summed E-state index contributed by atoms with van der Waals surface area (Å²) < 4.78 is 1.61. The van der Waals surface area contributed by atoms with Crippen LogP contribution in [0.15, 0.2) is 6.20 Å². The van der Waals surface area contributed by atoms with Gasteiger partial charge in [0, 0.05) is 6.20 Å². The third kappa shape index (κ3) is 5.28. The zero-order valence-electron chi connectivity index (χ0n) is 12.1. The van der Waals surface area contributed by atoms with Crippen molar-refractivity contribution in [3.63, 3.8) is 0 Å². The standard InChI is InChI=1S/C14H27N3O2/c1-3-5-7-9-14(19)13(11-18)17-10-12(15-16-17)8-6-4-2/h10,13-14,18-19H,3-9,11H2,1-2H3/t13-,14+/m0/s1. The van der Waals surface area contributed by atoms with Crippen molar-refractivity contribution in [1.82, 2.24) is 15.0 Å². The zero-order valence-corrected chi connectivity index (χ0v) is 12.1. The molecule has 0 bridgehead atoms. The van der Waals surface area contributed by atoms with Crippen LogP contribution in [-0.2, 0) is 6.42 Å². The molecule has 0 radical (unpaired) electrons. The van der Waals surface area contributed by atoms with Gasteiger partial charge in [0.15, 0.2) is 0 Å². The van der Waals surface area contributed by atoms with Crippen molar-refractivity contribution in [1.29, 1.82) is 0 Å². The predicted octanol–water partition coefficient (Wildman–Crippen LogP) is 2.10. The molecule has 0 aliphatic rings. The minimum absolute atomic E-state index is 0.107. The summed E-state index contributed by atoms with van der Waals surface area (Å²) in [6.45, 7) is 4.16. The molecule has 110 valence electrons. The van der Waals surface area contributed by atoms with Crippen LogP contribution in [0.1, 0.15) is 64.1 Å². The molecule has 2 atom stereocenters. The molecule has 5 nitrogen and oxygen atoms in total. The summed E-state index contributed by atoms with van der Waals surface area (Å²) >= 11 is 0. The van der Waals surface area contributed by atoms with Gasteiger partial charge in [-0.2, -0.15) is 0 Å². The van der Waals surface area contributed by atoms with Gasteiger partial charge < -0.3 is 10.2 Å². The molecule has 19 heavy (non-hydrogen) atoms. The first-order chi connectivity index (χ1) is 9.22. The molecule has 0 fully saturated rings. The fraction of sp³-hybridized carbons (Fsp3) is 0.857. The van der Waals surface area contributed by atoms with E-state index < -0.39 is 6.10 Å². The van der Waals surface area contributed by atoms with E-state index in [2.05, 4.69) is 24.2 Å². The molecule has 0 saturated carbocycles. The van der Waals surface area contributed by atoms with E-state index in [9.17, 15) is 10.2 Å². The minimum Gasteiger partial charge on any atom is -0.394 e. The second kappa shape index (κ2) is 9.04. The molecule has 0 aliphatic carbocycles. The van der Waals surface area contributed by atoms with Gasteiger partial charge in [0.2, 0.25) is 0 Å². The Balaban J connectivity index is 2.55. The highest BCUT2D eigenvalue weighted by atomic mass is 16.3.